The Labute approximate surface area is 121 Å². The summed E-state index contributed by atoms with van der Waals surface area (Å²) >= 11 is 13.6. The number of benzene rings is 1. The molecular weight excluding hydrogens is 287 g/mol. The number of thiazole rings is 1. The fraction of sp³-hybridized carbons (Fsp3) is 0.308. The smallest absolute Gasteiger partial charge is 0.0975 e. The minimum Gasteiger partial charge on any atom is -0.315 e. The van der Waals surface area contributed by atoms with Crippen molar-refractivity contribution in [2.45, 2.75) is 19.9 Å². The lowest BCUT2D eigenvalue weighted by Gasteiger charge is -2.00. The van der Waals surface area contributed by atoms with E-state index in [1.54, 1.807) is 11.3 Å². The SMILES string of the molecule is CNCc1sc(Cc2ccc(Cl)c(Cl)c2)nc1C. The van der Waals surface area contributed by atoms with Crippen molar-refractivity contribution in [2.75, 3.05) is 7.05 Å². The zero-order chi connectivity index (χ0) is 13.1. The first kappa shape index (κ1) is 13.8. The molecule has 96 valence electrons. The third kappa shape index (κ3) is 3.23. The van der Waals surface area contributed by atoms with Crippen molar-refractivity contribution in [1.82, 2.24) is 10.3 Å². The molecule has 1 aromatic carbocycles. The van der Waals surface area contributed by atoms with Crippen LogP contribution >= 0.6 is 34.5 Å². The van der Waals surface area contributed by atoms with Crippen LogP contribution in [0.25, 0.3) is 0 Å². The highest BCUT2D eigenvalue weighted by atomic mass is 35.5. The molecule has 0 saturated carbocycles. The Balaban J connectivity index is 2.18. The van der Waals surface area contributed by atoms with Gasteiger partial charge in [-0.05, 0) is 31.7 Å². The van der Waals surface area contributed by atoms with E-state index in [1.165, 1.54) is 4.88 Å². The summed E-state index contributed by atoms with van der Waals surface area (Å²) in [5, 5.41) is 5.44. The molecule has 0 amide bonds. The van der Waals surface area contributed by atoms with Crippen LogP contribution in [0.15, 0.2) is 18.2 Å². The molecule has 1 aromatic heterocycles. The zero-order valence-corrected chi connectivity index (χ0v) is 12.6. The first-order valence-electron chi connectivity index (χ1n) is 5.64. The van der Waals surface area contributed by atoms with Gasteiger partial charge in [-0.25, -0.2) is 4.98 Å². The lowest BCUT2D eigenvalue weighted by molar-refractivity contribution is 0.822. The summed E-state index contributed by atoms with van der Waals surface area (Å²) < 4.78 is 0. The zero-order valence-electron chi connectivity index (χ0n) is 10.3. The molecule has 0 atom stereocenters. The Kier molecular flexibility index (Phi) is 4.62. The summed E-state index contributed by atoms with van der Waals surface area (Å²) in [6, 6.07) is 5.72. The van der Waals surface area contributed by atoms with E-state index in [4.69, 9.17) is 23.2 Å². The van der Waals surface area contributed by atoms with Crippen molar-refractivity contribution in [1.29, 1.82) is 0 Å². The molecule has 0 aliphatic rings. The summed E-state index contributed by atoms with van der Waals surface area (Å²) in [5.41, 5.74) is 2.23. The lowest BCUT2D eigenvalue weighted by Crippen LogP contribution is -2.04. The van der Waals surface area contributed by atoms with E-state index < -0.39 is 0 Å². The normalized spacial score (nSPS) is 10.9. The van der Waals surface area contributed by atoms with Gasteiger partial charge in [0.1, 0.15) is 0 Å². The number of halogens is 2. The Bertz CT molecular complexity index is 552. The maximum atomic E-state index is 6.01. The molecule has 0 bridgehead atoms. The Morgan fingerprint density at radius 3 is 2.72 bits per heavy atom. The number of nitrogens with one attached hydrogen (secondary N) is 1. The van der Waals surface area contributed by atoms with Gasteiger partial charge in [-0.3, -0.25) is 0 Å². The predicted molar refractivity (Wildman–Crippen MR) is 78.9 cm³/mol. The van der Waals surface area contributed by atoms with Crippen LogP contribution in [-0.4, -0.2) is 12.0 Å². The third-order valence-electron chi connectivity index (χ3n) is 2.61. The topological polar surface area (TPSA) is 24.9 Å². The van der Waals surface area contributed by atoms with Gasteiger partial charge in [-0.2, -0.15) is 0 Å². The Morgan fingerprint density at radius 2 is 2.06 bits per heavy atom. The number of aryl methyl sites for hydroxylation is 1. The molecule has 2 aromatic rings. The number of hydrogen-bond donors (Lipinski definition) is 1. The molecule has 2 nitrogen and oxygen atoms in total. The maximum Gasteiger partial charge on any atom is 0.0975 e. The predicted octanol–water partition coefficient (Wildman–Crippen LogP) is 4.07. The minimum atomic E-state index is 0.589. The molecule has 0 aliphatic heterocycles. The van der Waals surface area contributed by atoms with Crippen LogP contribution in [0.4, 0.5) is 0 Å². The lowest BCUT2D eigenvalue weighted by atomic mass is 10.2. The van der Waals surface area contributed by atoms with Crippen LogP contribution in [0.3, 0.4) is 0 Å². The summed E-state index contributed by atoms with van der Waals surface area (Å²) in [6.45, 7) is 2.91. The highest BCUT2D eigenvalue weighted by Gasteiger charge is 2.08. The van der Waals surface area contributed by atoms with Crippen molar-refractivity contribution in [2.24, 2.45) is 0 Å². The van der Waals surface area contributed by atoms with E-state index in [1.807, 2.05) is 32.2 Å². The summed E-state index contributed by atoms with van der Waals surface area (Å²) in [7, 11) is 1.94. The van der Waals surface area contributed by atoms with E-state index in [9.17, 15) is 0 Å². The molecule has 5 heteroatoms. The molecular formula is C13H14Cl2N2S. The minimum absolute atomic E-state index is 0.589. The summed E-state index contributed by atoms with van der Waals surface area (Å²) in [6.07, 6.45) is 0.798. The van der Waals surface area contributed by atoms with Gasteiger partial charge in [-0.15, -0.1) is 11.3 Å². The van der Waals surface area contributed by atoms with Crippen LogP contribution in [0.5, 0.6) is 0 Å². The second-order valence-electron chi connectivity index (χ2n) is 4.07. The molecule has 0 spiro atoms. The summed E-state index contributed by atoms with van der Waals surface area (Å²) in [5.74, 6) is 0. The molecule has 0 radical (unpaired) electrons. The average molecular weight is 301 g/mol. The molecule has 2 rings (SSSR count). The van der Waals surface area contributed by atoms with E-state index in [0.29, 0.717) is 10.0 Å². The monoisotopic (exact) mass is 300 g/mol. The fourth-order valence-corrected chi connectivity index (χ4v) is 3.15. The van der Waals surface area contributed by atoms with Gasteiger partial charge in [0, 0.05) is 17.8 Å². The second-order valence-corrected chi connectivity index (χ2v) is 6.05. The third-order valence-corrected chi connectivity index (χ3v) is 4.51. The van der Waals surface area contributed by atoms with Crippen LogP contribution in [0.1, 0.15) is 21.1 Å². The van der Waals surface area contributed by atoms with Gasteiger partial charge in [0.25, 0.3) is 0 Å². The quantitative estimate of drug-likeness (QED) is 0.921. The molecule has 0 fully saturated rings. The fourth-order valence-electron chi connectivity index (χ4n) is 1.71. The van der Waals surface area contributed by atoms with Gasteiger partial charge in [-0.1, -0.05) is 29.3 Å². The molecule has 1 N–H and O–H groups in total. The van der Waals surface area contributed by atoms with E-state index in [0.717, 1.165) is 29.2 Å². The van der Waals surface area contributed by atoms with Gasteiger partial charge < -0.3 is 5.32 Å². The molecule has 1 heterocycles. The van der Waals surface area contributed by atoms with Crippen molar-refractivity contribution >= 4 is 34.5 Å². The van der Waals surface area contributed by atoms with Crippen LogP contribution in [0.2, 0.25) is 10.0 Å². The van der Waals surface area contributed by atoms with Crippen molar-refractivity contribution in [3.05, 3.63) is 49.4 Å². The number of aromatic nitrogens is 1. The van der Waals surface area contributed by atoms with Crippen molar-refractivity contribution in [3.63, 3.8) is 0 Å². The van der Waals surface area contributed by atoms with Crippen molar-refractivity contribution < 1.29 is 0 Å². The van der Waals surface area contributed by atoms with Gasteiger partial charge >= 0.3 is 0 Å². The molecule has 0 saturated heterocycles. The molecule has 0 unspecified atom stereocenters. The molecule has 18 heavy (non-hydrogen) atoms. The summed E-state index contributed by atoms with van der Waals surface area (Å²) in [4.78, 5) is 5.86. The van der Waals surface area contributed by atoms with Gasteiger partial charge in [0.05, 0.1) is 20.7 Å². The first-order valence-corrected chi connectivity index (χ1v) is 7.21. The van der Waals surface area contributed by atoms with E-state index in [-0.39, 0.29) is 0 Å². The standard InChI is InChI=1S/C13H14Cl2N2S/c1-8-12(7-16-2)18-13(17-8)6-9-3-4-10(14)11(15)5-9/h3-5,16H,6-7H2,1-2H3. The van der Waals surface area contributed by atoms with Gasteiger partial charge in [0.15, 0.2) is 0 Å². The van der Waals surface area contributed by atoms with Crippen LogP contribution < -0.4 is 5.32 Å². The first-order chi connectivity index (χ1) is 8.60. The number of hydrogen-bond acceptors (Lipinski definition) is 3. The Morgan fingerprint density at radius 1 is 1.28 bits per heavy atom. The largest absolute Gasteiger partial charge is 0.315 e. The van der Waals surface area contributed by atoms with Gasteiger partial charge in [0.2, 0.25) is 0 Å². The van der Waals surface area contributed by atoms with E-state index in [2.05, 4.69) is 10.3 Å². The highest BCUT2D eigenvalue weighted by molar-refractivity contribution is 7.11. The number of nitrogens with zero attached hydrogens (tertiary/aromatic N) is 1. The second kappa shape index (κ2) is 6.02. The maximum absolute atomic E-state index is 6.01. The van der Waals surface area contributed by atoms with Crippen molar-refractivity contribution in [3.8, 4) is 0 Å². The number of rotatable bonds is 4. The van der Waals surface area contributed by atoms with E-state index >= 15 is 0 Å². The average Bonchev–Trinajstić information content (AvgIpc) is 2.65. The molecule has 0 aliphatic carbocycles. The van der Waals surface area contributed by atoms with Crippen LogP contribution in [-0.2, 0) is 13.0 Å². The van der Waals surface area contributed by atoms with Crippen LogP contribution in [0, 0.1) is 6.92 Å². The Hall–Kier alpha value is -0.610. The highest BCUT2D eigenvalue weighted by Crippen LogP contribution is 2.25.